The highest BCUT2D eigenvalue weighted by Crippen LogP contribution is 2.04. The summed E-state index contributed by atoms with van der Waals surface area (Å²) < 4.78 is 7.17. The van der Waals surface area contributed by atoms with Gasteiger partial charge in [-0.1, -0.05) is 12.0 Å². The van der Waals surface area contributed by atoms with Crippen LogP contribution in [0.2, 0.25) is 0 Å². The van der Waals surface area contributed by atoms with Gasteiger partial charge in [-0.15, -0.1) is 5.10 Å². The Morgan fingerprint density at radius 1 is 1.42 bits per heavy atom. The summed E-state index contributed by atoms with van der Waals surface area (Å²) in [5, 5.41) is 7.07. The number of nitrogens with one attached hydrogen (secondary N) is 1. The molecule has 19 heavy (non-hydrogen) atoms. The standard InChI is InChI=1S/C10H10N6O3/c1-2-3-15-7-6(11-4-12-7)8(17)16(10(15)18)9-14-13-5-19-9/h4-5H,2-3H2,1H3,(H,11,12). The summed E-state index contributed by atoms with van der Waals surface area (Å²) in [6.45, 7) is 2.36. The van der Waals surface area contributed by atoms with Crippen LogP contribution < -0.4 is 11.2 Å². The Kier molecular flexibility index (Phi) is 2.51. The number of rotatable bonds is 3. The van der Waals surface area contributed by atoms with Crippen molar-refractivity contribution >= 4 is 11.2 Å². The molecule has 3 rings (SSSR count). The number of hydrogen-bond donors (Lipinski definition) is 1. The van der Waals surface area contributed by atoms with Crippen LogP contribution in [-0.4, -0.2) is 29.3 Å². The highest BCUT2D eigenvalue weighted by Gasteiger charge is 2.18. The number of aryl methyl sites for hydroxylation is 1. The van der Waals surface area contributed by atoms with Gasteiger partial charge >= 0.3 is 11.7 Å². The van der Waals surface area contributed by atoms with Gasteiger partial charge in [0.05, 0.1) is 6.33 Å². The predicted molar refractivity (Wildman–Crippen MR) is 64.1 cm³/mol. The van der Waals surface area contributed by atoms with Crippen molar-refractivity contribution in [2.24, 2.45) is 0 Å². The van der Waals surface area contributed by atoms with Gasteiger partial charge in [0.15, 0.2) is 5.65 Å². The summed E-state index contributed by atoms with van der Waals surface area (Å²) in [6, 6.07) is -0.156. The first-order valence-electron chi connectivity index (χ1n) is 5.69. The molecule has 0 amide bonds. The van der Waals surface area contributed by atoms with E-state index in [4.69, 9.17) is 4.42 Å². The maximum atomic E-state index is 12.3. The lowest BCUT2D eigenvalue weighted by Crippen LogP contribution is -2.39. The summed E-state index contributed by atoms with van der Waals surface area (Å²) >= 11 is 0. The Balaban J connectivity index is 2.46. The summed E-state index contributed by atoms with van der Waals surface area (Å²) in [6.07, 6.45) is 3.16. The minimum absolute atomic E-state index is 0.156. The molecule has 0 unspecified atom stereocenters. The lowest BCUT2D eigenvalue weighted by Gasteiger charge is -2.07. The van der Waals surface area contributed by atoms with E-state index in [0.717, 1.165) is 17.4 Å². The first kappa shape index (κ1) is 11.4. The number of nitrogens with zero attached hydrogens (tertiary/aromatic N) is 5. The summed E-state index contributed by atoms with van der Waals surface area (Å²) in [5.41, 5.74) is -0.552. The largest absolute Gasteiger partial charge is 0.410 e. The van der Waals surface area contributed by atoms with Crippen LogP contribution in [0.4, 0.5) is 0 Å². The van der Waals surface area contributed by atoms with Gasteiger partial charge in [0.25, 0.3) is 5.56 Å². The number of fused-ring (bicyclic) bond motifs is 1. The molecule has 0 saturated heterocycles. The van der Waals surface area contributed by atoms with Crippen LogP contribution in [0.1, 0.15) is 13.3 Å². The highest BCUT2D eigenvalue weighted by atomic mass is 16.4. The van der Waals surface area contributed by atoms with Crippen molar-refractivity contribution in [2.75, 3.05) is 0 Å². The topological polar surface area (TPSA) is 112 Å². The number of H-pyrrole nitrogens is 1. The molecule has 0 atom stereocenters. The fourth-order valence-corrected chi connectivity index (χ4v) is 1.92. The Morgan fingerprint density at radius 3 is 2.95 bits per heavy atom. The molecule has 0 spiro atoms. The van der Waals surface area contributed by atoms with Gasteiger partial charge in [0.1, 0.15) is 5.52 Å². The van der Waals surface area contributed by atoms with Crippen LogP contribution in [0.25, 0.3) is 17.2 Å². The third-order valence-corrected chi connectivity index (χ3v) is 2.70. The van der Waals surface area contributed by atoms with E-state index in [0.29, 0.717) is 12.2 Å². The van der Waals surface area contributed by atoms with Gasteiger partial charge in [-0.05, 0) is 6.42 Å². The Morgan fingerprint density at radius 2 is 2.26 bits per heavy atom. The second kappa shape index (κ2) is 4.19. The molecular formula is C10H10N6O3. The van der Waals surface area contributed by atoms with Crippen LogP contribution in [0.5, 0.6) is 0 Å². The van der Waals surface area contributed by atoms with Crippen molar-refractivity contribution in [3.63, 3.8) is 0 Å². The highest BCUT2D eigenvalue weighted by molar-refractivity contribution is 5.69. The summed E-state index contributed by atoms with van der Waals surface area (Å²) in [5.74, 6) is 0. The van der Waals surface area contributed by atoms with E-state index < -0.39 is 11.2 Å². The molecule has 0 radical (unpaired) electrons. The smallest absolute Gasteiger partial charge is 0.341 e. The molecule has 3 aromatic rings. The zero-order valence-corrected chi connectivity index (χ0v) is 10.0. The fraction of sp³-hybridized carbons (Fsp3) is 0.300. The minimum Gasteiger partial charge on any atom is -0.410 e. The zero-order valence-electron chi connectivity index (χ0n) is 10.0. The van der Waals surface area contributed by atoms with Crippen LogP contribution in [0, 0.1) is 0 Å². The van der Waals surface area contributed by atoms with Crippen molar-refractivity contribution in [1.29, 1.82) is 0 Å². The van der Waals surface area contributed by atoms with Crippen molar-refractivity contribution in [1.82, 2.24) is 29.3 Å². The predicted octanol–water partition coefficient (Wildman–Crippen LogP) is -0.332. The first-order chi connectivity index (χ1) is 9.24. The maximum Gasteiger partial charge on any atom is 0.341 e. The molecule has 0 aliphatic heterocycles. The lowest BCUT2D eigenvalue weighted by atomic mass is 10.4. The number of hydrogen-bond acceptors (Lipinski definition) is 6. The SMILES string of the molecule is CCCn1c(=O)n(-c2nnco2)c(=O)c2[nH]cnc21. The van der Waals surface area contributed by atoms with E-state index >= 15 is 0 Å². The monoisotopic (exact) mass is 262 g/mol. The maximum absolute atomic E-state index is 12.3. The molecule has 0 fully saturated rings. The van der Waals surface area contributed by atoms with Gasteiger partial charge in [-0.2, -0.15) is 4.57 Å². The molecule has 0 aliphatic rings. The summed E-state index contributed by atoms with van der Waals surface area (Å²) in [4.78, 5) is 31.3. The molecule has 0 saturated carbocycles. The van der Waals surface area contributed by atoms with Gasteiger partial charge < -0.3 is 9.40 Å². The van der Waals surface area contributed by atoms with Crippen LogP contribution in [0.3, 0.4) is 0 Å². The minimum atomic E-state index is -0.561. The molecule has 0 bridgehead atoms. The van der Waals surface area contributed by atoms with Crippen molar-refractivity contribution in [3.8, 4) is 6.01 Å². The van der Waals surface area contributed by atoms with E-state index in [2.05, 4.69) is 20.2 Å². The van der Waals surface area contributed by atoms with E-state index in [1.165, 1.54) is 10.9 Å². The number of aromatic nitrogens is 6. The average molecular weight is 262 g/mol. The zero-order chi connectivity index (χ0) is 13.4. The molecule has 1 N–H and O–H groups in total. The quantitative estimate of drug-likeness (QED) is 0.691. The molecule has 0 aliphatic carbocycles. The van der Waals surface area contributed by atoms with Crippen LogP contribution in [0.15, 0.2) is 26.7 Å². The lowest BCUT2D eigenvalue weighted by molar-refractivity contribution is 0.502. The molecular weight excluding hydrogens is 252 g/mol. The van der Waals surface area contributed by atoms with Gasteiger partial charge in [0, 0.05) is 6.54 Å². The fourth-order valence-electron chi connectivity index (χ4n) is 1.92. The van der Waals surface area contributed by atoms with Crippen molar-refractivity contribution < 1.29 is 4.42 Å². The third-order valence-electron chi connectivity index (χ3n) is 2.70. The second-order valence-electron chi connectivity index (χ2n) is 3.90. The number of aromatic amines is 1. The van der Waals surface area contributed by atoms with Gasteiger partial charge in [-0.25, -0.2) is 9.78 Å². The third kappa shape index (κ3) is 1.58. The Labute approximate surface area is 105 Å². The molecule has 98 valence electrons. The van der Waals surface area contributed by atoms with Crippen molar-refractivity contribution in [2.45, 2.75) is 19.9 Å². The summed E-state index contributed by atoms with van der Waals surface area (Å²) in [7, 11) is 0. The van der Waals surface area contributed by atoms with E-state index in [1.807, 2.05) is 6.92 Å². The van der Waals surface area contributed by atoms with Gasteiger partial charge in [0.2, 0.25) is 6.39 Å². The number of imidazole rings is 1. The van der Waals surface area contributed by atoms with Crippen molar-refractivity contribution in [3.05, 3.63) is 33.6 Å². The first-order valence-corrected chi connectivity index (χ1v) is 5.69. The van der Waals surface area contributed by atoms with Crippen LogP contribution >= 0.6 is 0 Å². The molecule has 3 aromatic heterocycles. The van der Waals surface area contributed by atoms with Crippen LogP contribution in [-0.2, 0) is 6.54 Å². The molecule has 3 heterocycles. The van der Waals surface area contributed by atoms with E-state index in [9.17, 15) is 9.59 Å². The van der Waals surface area contributed by atoms with Gasteiger partial charge in [-0.3, -0.25) is 9.36 Å². The van der Waals surface area contributed by atoms with E-state index in [1.54, 1.807) is 0 Å². The normalized spacial score (nSPS) is 11.2. The second-order valence-corrected chi connectivity index (χ2v) is 3.90. The van der Waals surface area contributed by atoms with E-state index in [-0.39, 0.29) is 11.5 Å². The molecule has 0 aromatic carbocycles. The Bertz CT molecular complexity index is 825. The molecule has 9 nitrogen and oxygen atoms in total. The Hall–Kier alpha value is -2.71. The average Bonchev–Trinajstić information content (AvgIpc) is 3.05. The molecule has 9 heteroatoms.